The lowest BCUT2D eigenvalue weighted by Crippen LogP contribution is -2.48. The zero-order valence-corrected chi connectivity index (χ0v) is 19.3. The number of hydrogen-bond donors (Lipinski definition) is 1. The van der Waals surface area contributed by atoms with Crippen LogP contribution in [0.2, 0.25) is 15.1 Å². The van der Waals surface area contributed by atoms with Gasteiger partial charge in [0.2, 0.25) is 11.8 Å². The molecule has 1 atom stereocenters. The first-order valence-electron chi connectivity index (χ1n) is 9.54. The molecule has 8 heteroatoms. The summed E-state index contributed by atoms with van der Waals surface area (Å²) in [5.74, 6) is -1.06. The van der Waals surface area contributed by atoms with Crippen LogP contribution in [0.5, 0.6) is 0 Å². The van der Waals surface area contributed by atoms with Gasteiger partial charge in [-0.3, -0.25) is 9.59 Å². The third-order valence-electron chi connectivity index (χ3n) is 4.60. The summed E-state index contributed by atoms with van der Waals surface area (Å²) >= 11 is 18.3. The minimum atomic E-state index is -0.798. The Labute approximate surface area is 191 Å². The highest BCUT2D eigenvalue weighted by molar-refractivity contribution is 6.35. The highest BCUT2D eigenvalue weighted by Crippen LogP contribution is 2.25. The Morgan fingerprint density at radius 1 is 1.07 bits per heavy atom. The molecule has 0 heterocycles. The van der Waals surface area contributed by atoms with Crippen molar-refractivity contribution in [3.8, 4) is 0 Å². The van der Waals surface area contributed by atoms with E-state index in [1.165, 1.54) is 23.1 Å². The number of carbonyl (C=O) groups is 2. The van der Waals surface area contributed by atoms with Crippen molar-refractivity contribution in [2.24, 2.45) is 5.92 Å². The Morgan fingerprint density at radius 3 is 2.37 bits per heavy atom. The Balaban J connectivity index is 2.31. The molecule has 0 aliphatic heterocycles. The monoisotopic (exact) mass is 472 g/mol. The average molecular weight is 474 g/mol. The number of amides is 2. The van der Waals surface area contributed by atoms with Crippen LogP contribution in [0.1, 0.15) is 31.9 Å². The van der Waals surface area contributed by atoms with E-state index in [0.29, 0.717) is 22.2 Å². The SMILES string of the molecule is CC(C)CNC(=O)[C@@H](C)N(Cc1ccc(Cl)cc1Cl)C(=O)Cc1c(F)cccc1Cl. The van der Waals surface area contributed by atoms with E-state index in [1.54, 1.807) is 25.1 Å². The number of nitrogens with one attached hydrogen (secondary N) is 1. The van der Waals surface area contributed by atoms with Crippen molar-refractivity contribution in [1.82, 2.24) is 10.2 Å². The van der Waals surface area contributed by atoms with Gasteiger partial charge in [0.25, 0.3) is 0 Å². The molecule has 2 rings (SSSR count). The maximum Gasteiger partial charge on any atom is 0.242 e. The van der Waals surface area contributed by atoms with Gasteiger partial charge in [0.15, 0.2) is 0 Å². The zero-order valence-electron chi connectivity index (χ0n) is 17.0. The smallest absolute Gasteiger partial charge is 0.242 e. The van der Waals surface area contributed by atoms with Crippen molar-refractivity contribution < 1.29 is 14.0 Å². The second kappa shape index (κ2) is 11.0. The number of halogens is 4. The van der Waals surface area contributed by atoms with E-state index in [4.69, 9.17) is 34.8 Å². The van der Waals surface area contributed by atoms with E-state index < -0.39 is 17.8 Å². The first-order valence-corrected chi connectivity index (χ1v) is 10.7. The topological polar surface area (TPSA) is 49.4 Å². The highest BCUT2D eigenvalue weighted by Gasteiger charge is 2.28. The van der Waals surface area contributed by atoms with Crippen molar-refractivity contribution in [2.75, 3.05) is 6.54 Å². The molecule has 162 valence electrons. The molecule has 30 heavy (non-hydrogen) atoms. The fourth-order valence-electron chi connectivity index (χ4n) is 2.82. The van der Waals surface area contributed by atoms with Crippen LogP contribution in [-0.2, 0) is 22.6 Å². The van der Waals surface area contributed by atoms with Crippen molar-refractivity contribution in [3.05, 3.63) is 68.4 Å². The largest absolute Gasteiger partial charge is 0.354 e. The summed E-state index contributed by atoms with van der Waals surface area (Å²) in [6.45, 7) is 6.12. The molecule has 2 aromatic rings. The van der Waals surface area contributed by atoms with Gasteiger partial charge in [0.05, 0.1) is 6.42 Å². The normalized spacial score (nSPS) is 12.0. The number of hydrogen-bond acceptors (Lipinski definition) is 2. The second-order valence-corrected chi connectivity index (χ2v) is 8.70. The van der Waals surface area contributed by atoms with Crippen LogP contribution in [0, 0.1) is 11.7 Å². The lowest BCUT2D eigenvalue weighted by Gasteiger charge is -2.29. The molecule has 0 aliphatic rings. The Hall–Kier alpha value is -1.82. The van der Waals surface area contributed by atoms with Gasteiger partial charge in [-0.15, -0.1) is 0 Å². The van der Waals surface area contributed by atoms with Gasteiger partial charge < -0.3 is 10.2 Å². The fraction of sp³-hybridized carbons (Fsp3) is 0.364. The molecule has 1 N–H and O–H groups in total. The predicted molar refractivity (Wildman–Crippen MR) is 119 cm³/mol. The lowest BCUT2D eigenvalue weighted by molar-refractivity contribution is -0.140. The van der Waals surface area contributed by atoms with Crippen LogP contribution in [-0.4, -0.2) is 29.3 Å². The van der Waals surface area contributed by atoms with Gasteiger partial charge in [0, 0.05) is 33.7 Å². The molecule has 0 spiro atoms. The maximum absolute atomic E-state index is 14.2. The number of nitrogens with zero attached hydrogens (tertiary/aromatic N) is 1. The minimum Gasteiger partial charge on any atom is -0.354 e. The third-order valence-corrected chi connectivity index (χ3v) is 5.54. The molecule has 0 aromatic heterocycles. The highest BCUT2D eigenvalue weighted by atomic mass is 35.5. The lowest BCUT2D eigenvalue weighted by atomic mass is 10.1. The summed E-state index contributed by atoms with van der Waals surface area (Å²) < 4.78 is 14.2. The van der Waals surface area contributed by atoms with E-state index in [0.717, 1.165) is 0 Å². The molecular weight excluding hydrogens is 450 g/mol. The van der Waals surface area contributed by atoms with E-state index in [9.17, 15) is 14.0 Å². The van der Waals surface area contributed by atoms with E-state index in [1.807, 2.05) is 13.8 Å². The van der Waals surface area contributed by atoms with E-state index in [2.05, 4.69) is 5.32 Å². The van der Waals surface area contributed by atoms with Crippen LogP contribution in [0.25, 0.3) is 0 Å². The van der Waals surface area contributed by atoms with Crippen LogP contribution in [0.3, 0.4) is 0 Å². The predicted octanol–water partition coefficient (Wildman–Crippen LogP) is 5.52. The van der Waals surface area contributed by atoms with Crippen LogP contribution < -0.4 is 5.32 Å². The first kappa shape index (κ1) is 24.4. The third kappa shape index (κ3) is 6.59. The minimum absolute atomic E-state index is 0.0666. The van der Waals surface area contributed by atoms with Crippen molar-refractivity contribution in [2.45, 2.75) is 39.8 Å². The van der Waals surface area contributed by atoms with Crippen molar-refractivity contribution >= 4 is 46.6 Å². The van der Waals surface area contributed by atoms with Gasteiger partial charge >= 0.3 is 0 Å². The second-order valence-electron chi connectivity index (χ2n) is 7.45. The summed E-state index contributed by atoms with van der Waals surface area (Å²) in [4.78, 5) is 27.2. The Bertz CT molecular complexity index is 901. The first-order chi connectivity index (χ1) is 14.1. The fourth-order valence-corrected chi connectivity index (χ4v) is 3.52. The van der Waals surface area contributed by atoms with Crippen molar-refractivity contribution in [3.63, 3.8) is 0 Å². The molecule has 0 radical (unpaired) electrons. The van der Waals surface area contributed by atoms with Crippen LogP contribution in [0.4, 0.5) is 4.39 Å². The van der Waals surface area contributed by atoms with Gasteiger partial charge in [0.1, 0.15) is 11.9 Å². The summed E-state index contributed by atoms with van der Waals surface area (Å²) in [7, 11) is 0. The van der Waals surface area contributed by atoms with E-state index >= 15 is 0 Å². The average Bonchev–Trinajstić information content (AvgIpc) is 2.67. The molecular formula is C22H24Cl3FN2O2. The molecule has 0 unspecified atom stereocenters. The maximum atomic E-state index is 14.2. The number of rotatable bonds is 8. The van der Waals surface area contributed by atoms with E-state index in [-0.39, 0.29) is 35.4 Å². The molecule has 0 bridgehead atoms. The van der Waals surface area contributed by atoms with Gasteiger partial charge in [-0.25, -0.2) is 4.39 Å². The molecule has 2 aromatic carbocycles. The Morgan fingerprint density at radius 2 is 1.77 bits per heavy atom. The summed E-state index contributed by atoms with van der Waals surface area (Å²) in [6, 6.07) is 8.35. The standard InChI is InChI=1S/C22H24Cl3FN2O2/c1-13(2)11-27-22(30)14(3)28(12-15-7-8-16(23)9-19(15)25)21(29)10-17-18(24)5-4-6-20(17)26/h4-9,13-14H,10-12H2,1-3H3,(H,27,30)/t14-/m1/s1. The molecule has 0 saturated heterocycles. The summed E-state index contributed by atoms with van der Waals surface area (Å²) in [5, 5.41) is 3.82. The number of carbonyl (C=O) groups excluding carboxylic acids is 2. The zero-order chi connectivity index (χ0) is 22.4. The van der Waals surface area contributed by atoms with Gasteiger partial charge in [-0.1, -0.05) is 60.8 Å². The van der Waals surface area contributed by atoms with Crippen molar-refractivity contribution in [1.29, 1.82) is 0 Å². The molecule has 2 amide bonds. The molecule has 0 saturated carbocycles. The van der Waals surface area contributed by atoms with Crippen LogP contribution >= 0.6 is 34.8 Å². The Kier molecular flexibility index (Phi) is 8.95. The van der Waals surface area contributed by atoms with Gasteiger partial charge in [-0.2, -0.15) is 0 Å². The molecule has 0 aliphatic carbocycles. The van der Waals surface area contributed by atoms with Crippen LogP contribution in [0.15, 0.2) is 36.4 Å². The van der Waals surface area contributed by atoms with Gasteiger partial charge in [-0.05, 0) is 42.7 Å². The molecule has 4 nitrogen and oxygen atoms in total. The number of benzene rings is 2. The molecule has 0 fully saturated rings. The summed E-state index contributed by atoms with van der Waals surface area (Å²) in [5.41, 5.74) is 0.712. The summed E-state index contributed by atoms with van der Waals surface area (Å²) in [6.07, 6.45) is -0.279. The quantitative estimate of drug-likeness (QED) is 0.549.